The van der Waals surface area contributed by atoms with Crippen LogP contribution in [0.5, 0.6) is 0 Å². The number of sulfonamides is 1. The fourth-order valence-electron chi connectivity index (χ4n) is 1.51. The van der Waals surface area contributed by atoms with Crippen molar-refractivity contribution in [1.29, 1.82) is 0 Å². The molecule has 1 atom stereocenters. The van der Waals surface area contributed by atoms with Crippen LogP contribution in [0.3, 0.4) is 0 Å². The number of hydrogen-bond acceptors (Lipinski definition) is 3. The first kappa shape index (κ1) is 13.2. The Hall–Kier alpha value is -0.880. The average molecular weight is 245 g/mol. The van der Waals surface area contributed by atoms with E-state index in [9.17, 15) is 8.42 Å². The lowest BCUT2D eigenvalue weighted by molar-refractivity contribution is 0.436. The Morgan fingerprint density at radius 2 is 2.12 bits per heavy atom. The Morgan fingerprint density at radius 1 is 1.50 bits per heavy atom. The molecule has 5 nitrogen and oxygen atoms in total. The molecule has 0 bridgehead atoms. The van der Waals surface area contributed by atoms with Gasteiger partial charge in [-0.1, -0.05) is 6.92 Å². The lowest BCUT2D eigenvalue weighted by atomic mass is 10.2. The van der Waals surface area contributed by atoms with Crippen LogP contribution in [0.25, 0.3) is 0 Å². The van der Waals surface area contributed by atoms with E-state index in [0.717, 1.165) is 17.9 Å². The van der Waals surface area contributed by atoms with Crippen LogP contribution >= 0.6 is 0 Å². The zero-order valence-electron chi connectivity index (χ0n) is 10.2. The van der Waals surface area contributed by atoms with Crippen LogP contribution in [0.2, 0.25) is 0 Å². The summed E-state index contributed by atoms with van der Waals surface area (Å²) in [5.41, 5.74) is 2.09. The zero-order chi connectivity index (χ0) is 12.3. The molecule has 0 aliphatic rings. The highest BCUT2D eigenvalue weighted by Crippen LogP contribution is 2.05. The van der Waals surface area contributed by atoms with Gasteiger partial charge >= 0.3 is 0 Å². The van der Waals surface area contributed by atoms with E-state index in [0.29, 0.717) is 6.54 Å². The number of hydrogen-bond donors (Lipinski definition) is 1. The van der Waals surface area contributed by atoms with Gasteiger partial charge in [-0.15, -0.1) is 0 Å². The second-order valence-corrected chi connectivity index (χ2v) is 6.17. The summed E-state index contributed by atoms with van der Waals surface area (Å²) in [7, 11) is -3.10. The summed E-state index contributed by atoms with van der Waals surface area (Å²) in [5.74, 6) is 0.215. The number of aromatic nitrogens is 2. The molecule has 0 spiro atoms. The van der Waals surface area contributed by atoms with Gasteiger partial charge in [0, 0.05) is 18.8 Å². The first-order valence-electron chi connectivity index (χ1n) is 5.23. The lowest BCUT2D eigenvalue weighted by Gasteiger charge is -2.12. The van der Waals surface area contributed by atoms with Crippen molar-refractivity contribution in [3.05, 3.63) is 17.5 Å². The molecule has 1 unspecified atom stereocenters. The minimum atomic E-state index is -3.10. The van der Waals surface area contributed by atoms with Crippen molar-refractivity contribution in [2.24, 2.45) is 5.92 Å². The molecule has 0 amide bonds. The van der Waals surface area contributed by atoms with Crippen LogP contribution in [-0.2, 0) is 16.6 Å². The number of nitrogens with zero attached hydrogens (tertiary/aromatic N) is 2. The third-order valence-electron chi connectivity index (χ3n) is 2.28. The van der Waals surface area contributed by atoms with E-state index in [1.165, 1.54) is 6.26 Å². The molecule has 1 N–H and O–H groups in total. The van der Waals surface area contributed by atoms with Gasteiger partial charge in [-0.3, -0.25) is 4.68 Å². The van der Waals surface area contributed by atoms with Gasteiger partial charge in [0.1, 0.15) is 0 Å². The molecule has 0 saturated carbocycles. The number of nitrogens with one attached hydrogen (secondary N) is 1. The highest BCUT2D eigenvalue weighted by molar-refractivity contribution is 7.88. The fourth-order valence-corrected chi connectivity index (χ4v) is 2.10. The van der Waals surface area contributed by atoms with Gasteiger partial charge in [-0.25, -0.2) is 13.1 Å². The molecule has 1 heterocycles. The molecule has 1 aromatic heterocycles. The van der Waals surface area contributed by atoms with Crippen LogP contribution in [0.15, 0.2) is 6.07 Å². The van der Waals surface area contributed by atoms with E-state index in [2.05, 4.69) is 9.82 Å². The molecule has 92 valence electrons. The van der Waals surface area contributed by atoms with E-state index in [1.54, 1.807) is 0 Å². The van der Waals surface area contributed by atoms with Crippen LogP contribution in [0.1, 0.15) is 18.3 Å². The smallest absolute Gasteiger partial charge is 0.208 e. The first-order valence-corrected chi connectivity index (χ1v) is 7.13. The Balaban J connectivity index is 2.52. The highest BCUT2D eigenvalue weighted by Gasteiger charge is 2.09. The van der Waals surface area contributed by atoms with Crippen molar-refractivity contribution >= 4 is 10.0 Å². The Morgan fingerprint density at radius 3 is 2.56 bits per heavy atom. The van der Waals surface area contributed by atoms with E-state index in [-0.39, 0.29) is 5.92 Å². The fraction of sp³-hybridized carbons (Fsp3) is 0.700. The van der Waals surface area contributed by atoms with Crippen molar-refractivity contribution in [3.63, 3.8) is 0 Å². The minimum absolute atomic E-state index is 0.215. The van der Waals surface area contributed by atoms with E-state index in [1.807, 2.05) is 31.5 Å². The summed E-state index contributed by atoms with van der Waals surface area (Å²) in [5, 5.41) is 4.33. The largest absolute Gasteiger partial charge is 0.269 e. The molecule has 1 aromatic rings. The van der Waals surface area contributed by atoms with Crippen LogP contribution in [0, 0.1) is 19.8 Å². The summed E-state index contributed by atoms with van der Waals surface area (Å²) < 4.78 is 26.3. The van der Waals surface area contributed by atoms with Crippen molar-refractivity contribution in [1.82, 2.24) is 14.5 Å². The molecule has 0 radical (unpaired) electrons. The van der Waals surface area contributed by atoms with Crippen LogP contribution < -0.4 is 4.72 Å². The number of aryl methyl sites for hydroxylation is 2. The van der Waals surface area contributed by atoms with Gasteiger partial charge < -0.3 is 0 Å². The van der Waals surface area contributed by atoms with Crippen molar-refractivity contribution in [3.8, 4) is 0 Å². The van der Waals surface area contributed by atoms with Gasteiger partial charge in [0.05, 0.1) is 11.9 Å². The maximum Gasteiger partial charge on any atom is 0.208 e. The second kappa shape index (κ2) is 4.97. The molecule has 6 heteroatoms. The molecule has 0 aliphatic carbocycles. The predicted octanol–water partition coefficient (Wildman–Crippen LogP) is 0.685. The molecular formula is C10H19N3O2S. The molecule has 0 aliphatic heterocycles. The van der Waals surface area contributed by atoms with E-state index < -0.39 is 10.0 Å². The van der Waals surface area contributed by atoms with Gasteiger partial charge in [-0.05, 0) is 25.8 Å². The molecular weight excluding hydrogens is 226 g/mol. The van der Waals surface area contributed by atoms with E-state index in [4.69, 9.17) is 0 Å². The molecule has 0 saturated heterocycles. The number of rotatable bonds is 5. The maximum atomic E-state index is 10.9. The Bertz CT molecular complexity index is 451. The second-order valence-electron chi connectivity index (χ2n) is 4.34. The molecule has 0 aromatic carbocycles. The SMILES string of the molecule is Cc1cc(C)n(CC(C)CNS(C)(=O)=O)n1. The third-order valence-corrected chi connectivity index (χ3v) is 2.97. The summed E-state index contributed by atoms with van der Waals surface area (Å²) in [6.07, 6.45) is 1.17. The van der Waals surface area contributed by atoms with Crippen LogP contribution in [-0.4, -0.2) is 31.0 Å². The Kier molecular flexibility index (Phi) is 4.09. The first-order chi connectivity index (χ1) is 7.28. The normalized spacial score (nSPS) is 14.0. The van der Waals surface area contributed by atoms with Gasteiger partial charge in [-0.2, -0.15) is 5.10 Å². The standard InChI is InChI=1S/C10H19N3O2S/c1-8(6-11-16(4,14)15)7-13-10(3)5-9(2)12-13/h5,8,11H,6-7H2,1-4H3. The van der Waals surface area contributed by atoms with E-state index >= 15 is 0 Å². The van der Waals surface area contributed by atoms with Crippen molar-refractivity contribution < 1.29 is 8.42 Å². The third kappa shape index (κ3) is 4.32. The van der Waals surface area contributed by atoms with Crippen molar-refractivity contribution in [2.75, 3.05) is 12.8 Å². The van der Waals surface area contributed by atoms with Gasteiger partial charge in [0.15, 0.2) is 0 Å². The molecule has 16 heavy (non-hydrogen) atoms. The minimum Gasteiger partial charge on any atom is -0.269 e. The average Bonchev–Trinajstić information content (AvgIpc) is 2.41. The van der Waals surface area contributed by atoms with Gasteiger partial charge in [0.25, 0.3) is 0 Å². The predicted molar refractivity (Wildman–Crippen MR) is 63.7 cm³/mol. The highest BCUT2D eigenvalue weighted by atomic mass is 32.2. The zero-order valence-corrected chi connectivity index (χ0v) is 11.0. The maximum absolute atomic E-state index is 10.9. The van der Waals surface area contributed by atoms with Crippen molar-refractivity contribution in [2.45, 2.75) is 27.3 Å². The topological polar surface area (TPSA) is 64.0 Å². The summed E-state index contributed by atoms with van der Waals surface area (Å²) >= 11 is 0. The summed E-state index contributed by atoms with van der Waals surface area (Å²) in [6, 6.07) is 2.01. The summed E-state index contributed by atoms with van der Waals surface area (Å²) in [6.45, 7) is 7.10. The summed E-state index contributed by atoms with van der Waals surface area (Å²) in [4.78, 5) is 0. The Labute approximate surface area is 96.9 Å². The van der Waals surface area contributed by atoms with Crippen LogP contribution in [0.4, 0.5) is 0 Å². The monoisotopic (exact) mass is 245 g/mol. The van der Waals surface area contributed by atoms with Gasteiger partial charge in [0.2, 0.25) is 10.0 Å². The lowest BCUT2D eigenvalue weighted by Crippen LogP contribution is -2.29. The molecule has 0 fully saturated rings. The quantitative estimate of drug-likeness (QED) is 0.830. The molecule has 1 rings (SSSR count).